The Morgan fingerprint density at radius 3 is 2.52 bits per heavy atom. The molecule has 2 rings (SSSR count). The number of methoxy groups -OCH3 is 2. The van der Waals surface area contributed by atoms with Gasteiger partial charge in [-0.25, -0.2) is 4.79 Å². The maximum absolute atomic E-state index is 12.1. The van der Waals surface area contributed by atoms with Gasteiger partial charge in [-0.2, -0.15) is 0 Å². The van der Waals surface area contributed by atoms with E-state index in [2.05, 4.69) is 5.32 Å². The molecule has 0 spiro atoms. The van der Waals surface area contributed by atoms with Gasteiger partial charge in [0, 0.05) is 19.6 Å². The lowest BCUT2D eigenvalue weighted by Gasteiger charge is -2.21. The molecule has 0 saturated heterocycles. The zero-order valence-electron chi connectivity index (χ0n) is 13.0. The molecule has 1 saturated carbocycles. The second kappa shape index (κ2) is 7.20. The number of carbonyl (C=O) groups excluding carboxylic acids is 1. The van der Waals surface area contributed by atoms with Crippen molar-refractivity contribution >= 4 is 6.03 Å². The van der Waals surface area contributed by atoms with E-state index in [1.54, 1.807) is 26.2 Å². The van der Waals surface area contributed by atoms with Crippen molar-refractivity contribution in [3.05, 3.63) is 23.8 Å². The molecule has 2 amide bonds. The van der Waals surface area contributed by atoms with Crippen molar-refractivity contribution in [3.63, 3.8) is 0 Å². The third-order valence-corrected chi connectivity index (χ3v) is 3.90. The molecule has 1 fully saturated rings. The highest BCUT2D eigenvalue weighted by molar-refractivity contribution is 5.74. The summed E-state index contributed by atoms with van der Waals surface area (Å²) < 4.78 is 10.5. The summed E-state index contributed by atoms with van der Waals surface area (Å²) in [6, 6.07) is 6.03. The molecule has 1 aromatic rings. The lowest BCUT2D eigenvalue weighted by molar-refractivity contribution is 0.202. The van der Waals surface area contributed by atoms with Crippen LogP contribution in [0.25, 0.3) is 0 Å². The first-order valence-electron chi connectivity index (χ1n) is 7.36. The van der Waals surface area contributed by atoms with Gasteiger partial charge < -0.3 is 19.7 Å². The molecule has 116 valence electrons. The van der Waals surface area contributed by atoms with E-state index >= 15 is 0 Å². The van der Waals surface area contributed by atoms with Crippen molar-refractivity contribution in [3.8, 4) is 11.5 Å². The molecule has 1 aromatic carbocycles. The Balaban J connectivity index is 1.94. The standard InChI is InChI=1S/C16H24N2O3/c1-18(16(19)17-13-6-4-5-7-13)11-12-8-9-14(20-2)15(10-12)21-3/h8-10,13H,4-7,11H2,1-3H3,(H,17,19). The number of hydrogen-bond donors (Lipinski definition) is 1. The van der Waals surface area contributed by atoms with Crippen molar-refractivity contribution < 1.29 is 14.3 Å². The number of amides is 2. The van der Waals surface area contributed by atoms with Gasteiger partial charge >= 0.3 is 6.03 Å². The van der Waals surface area contributed by atoms with Gasteiger partial charge in [-0.05, 0) is 30.5 Å². The average molecular weight is 292 g/mol. The molecule has 0 unspecified atom stereocenters. The van der Waals surface area contributed by atoms with Crippen LogP contribution >= 0.6 is 0 Å². The van der Waals surface area contributed by atoms with Crippen molar-refractivity contribution in [2.45, 2.75) is 38.3 Å². The fourth-order valence-corrected chi connectivity index (χ4v) is 2.68. The van der Waals surface area contributed by atoms with Crippen LogP contribution in [0.15, 0.2) is 18.2 Å². The van der Waals surface area contributed by atoms with Crippen molar-refractivity contribution in [2.24, 2.45) is 0 Å². The molecule has 0 aromatic heterocycles. The first-order chi connectivity index (χ1) is 10.1. The Labute approximate surface area is 126 Å². The van der Waals surface area contributed by atoms with Crippen LogP contribution in [0.4, 0.5) is 4.79 Å². The smallest absolute Gasteiger partial charge is 0.317 e. The summed E-state index contributed by atoms with van der Waals surface area (Å²) in [6.07, 6.45) is 4.61. The molecule has 0 heterocycles. The summed E-state index contributed by atoms with van der Waals surface area (Å²) in [7, 11) is 5.03. The van der Waals surface area contributed by atoms with Crippen LogP contribution < -0.4 is 14.8 Å². The number of carbonyl (C=O) groups is 1. The number of nitrogens with zero attached hydrogens (tertiary/aromatic N) is 1. The Morgan fingerprint density at radius 1 is 1.24 bits per heavy atom. The highest BCUT2D eigenvalue weighted by Crippen LogP contribution is 2.28. The topological polar surface area (TPSA) is 50.8 Å². The maximum atomic E-state index is 12.1. The highest BCUT2D eigenvalue weighted by atomic mass is 16.5. The summed E-state index contributed by atoms with van der Waals surface area (Å²) in [6.45, 7) is 0.541. The molecule has 5 heteroatoms. The fraction of sp³-hybridized carbons (Fsp3) is 0.562. The number of hydrogen-bond acceptors (Lipinski definition) is 3. The van der Waals surface area contributed by atoms with Gasteiger partial charge in [0.1, 0.15) is 0 Å². The number of nitrogens with one attached hydrogen (secondary N) is 1. The van der Waals surface area contributed by atoms with Crippen LogP contribution in [0.2, 0.25) is 0 Å². The normalized spacial score (nSPS) is 14.8. The minimum Gasteiger partial charge on any atom is -0.493 e. The van der Waals surface area contributed by atoms with Gasteiger partial charge in [0.15, 0.2) is 11.5 Å². The van der Waals surface area contributed by atoms with E-state index in [4.69, 9.17) is 9.47 Å². The van der Waals surface area contributed by atoms with E-state index in [-0.39, 0.29) is 6.03 Å². The molecular weight excluding hydrogens is 268 g/mol. The summed E-state index contributed by atoms with van der Waals surface area (Å²) >= 11 is 0. The summed E-state index contributed by atoms with van der Waals surface area (Å²) in [5.41, 5.74) is 1.01. The molecule has 1 N–H and O–H groups in total. The van der Waals surface area contributed by atoms with E-state index in [0.29, 0.717) is 24.1 Å². The Kier molecular flexibility index (Phi) is 5.31. The first kappa shape index (κ1) is 15.5. The highest BCUT2D eigenvalue weighted by Gasteiger charge is 2.19. The summed E-state index contributed by atoms with van der Waals surface area (Å²) in [5, 5.41) is 3.08. The largest absolute Gasteiger partial charge is 0.493 e. The van der Waals surface area contributed by atoms with E-state index in [1.807, 2.05) is 18.2 Å². The Morgan fingerprint density at radius 2 is 1.90 bits per heavy atom. The summed E-state index contributed by atoms with van der Waals surface area (Å²) in [4.78, 5) is 13.8. The van der Waals surface area contributed by atoms with E-state index < -0.39 is 0 Å². The SMILES string of the molecule is COc1ccc(CN(C)C(=O)NC2CCCC2)cc1OC. The van der Waals surface area contributed by atoms with Crippen LogP contribution in [0.3, 0.4) is 0 Å². The zero-order valence-corrected chi connectivity index (χ0v) is 13.0. The second-order valence-corrected chi connectivity index (χ2v) is 5.48. The second-order valence-electron chi connectivity index (χ2n) is 5.48. The minimum absolute atomic E-state index is 0.0170. The third-order valence-electron chi connectivity index (χ3n) is 3.90. The molecule has 0 radical (unpaired) electrons. The van der Waals surface area contributed by atoms with Gasteiger partial charge in [0.05, 0.1) is 14.2 Å². The minimum atomic E-state index is -0.0170. The predicted octanol–water partition coefficient (Wildman–Crippen LogP) is 2.79. The predicted molar refractivity (Wildman–Crippen MR) is 81.8 cm³/mol. The lowest BCUT2D eigenvalue weighted by Crippen LogP contribution is -2.41. The lowest BCUT2D eigenvalue weighted by atomic mass is 10.2. The van der Waals surface area contributed by atoms with E-state index in [0.717, 1.165) is 18.4 Å². The Hall–Kier alpha value is -1.91. The summed E-state index contributed by atoms with van der Waals surface area (Å²) in [5.74, 6) is 1.37. The van der Waals surface area contributed by atoms with Gasteiger partial charge in [-0.3, -0.25) is 0 Å². The van der Waals surface area contributed by atoms with Crippen molar-refractivity contribution in [1.29, 1.82) is 0 Å². The average Bonchev–Trinajstić information content (AvgIpc) is 2.99. The third kappa shape index (κ3) is 4.03. The number of urea groups is 1. The number of rotatable bonds is 5. The molecule has 0 aliphatic heterocycles. The van der Waals surface area contributed by atoms with Crippen LogP contribution in [0.5, 0.6) is 11.5 Å². The fourth-order valence-electron chi connectivity index (χ4n) is 2.68. The maximum Gasteiger partial charge on any atom is 0.317 e. The quantitative estimate of drug-likeness (QED) is 0.908. The van der Waals surface area contributed by atoms with Crippen LogP contribution in [-0.4, -0.2) is 38.2 Å². The van der Waals surface area contributed by atoms with Gasteiger partial charge in [0.25, 0.3) is 0 Å². The van der Waals surface area contributed by atoms with E-state index in [9.17, 15) is 4.79 Å². The van der Waals surface area contributed by atoms with Crippen LogP contribution in [-0.2, 0) is 6.54 Å². The molecule has 0 atom stereocenters. The zero-order chi connectivity index (χ0) is 15.2. The monoisotopic (exact) mass is 292 g/mol. The number of benzene rings is 1. The van der Waals surface area contributed by atoms with Gasteiger partial charge in [-0.15, -0.1) is 0 Å². The molecule has 5 nitrogen and oxygen atoms in total. The van der Waals surface area contributed by atoms with E-state index in [1.165, 1.54) is 12.8 Å². The molecule has 1 aliphatic rings. The molecule has 21 heavy (non-hydrogen) atoms. The van der Waals surface area contributed by atoms with Crippen LogP contribution in [0, 0.1) is 0 Å². The van der Waals surface area contributed by atoms with Crippen molar-refractivity contribution in [1.82, 2.24) is 10.2 Å². The van der Waals surface area contributed by atoms with Crippen molar-refractivity contribution in [2.75, 3.05) is 21.3 Å². The van der Waals surface area contributed by atoms with Gasteiger partial charge in [0.2, 0.25) is 0 Å². The number of ether oxygens (including phenoxy) is 2. The Bertz CT molecular complexity index is 484. The molecule has 1 aliphatic carbocycles. The van der Waals surface area contributed by atoms with Gasteiger partial charge in [-0.1, -0.05) is 18.9 Å². The molecule has 0 bridgehead atoms. The first-order valence-corrected chi connectivity index (χ1v) is 7.36. The van der Waals surface area contributed by atoms with Crippen LogP contribution in [0.1, 0.15) is 31.2 Å². The molecular formula is C16H24N2O3.